The molecule has 1 heterocycles. The molecule has 1 amide bonds. The SMILES string of the molecule is N#Cc1ccc(N[C@H](Cc2cccs2)C(N)=O)cc1Br. The molecule has 20 heavy (non-hydrogen) atoms. The maximum absolute atomic E-state index is 11.5. The lowest BCUT2D eigenvalue weighted by Gasteiger charge is -2.16. The fraction of sp³-hybridized carbons (Fsp3) is 0.143. The van der Waals surface area contributed by atoms with Crippen LogP contribution in [-0.4, -0.2) is 11.9 Å². The molecule has 2 aromatic rings. The van der Waals surface area contributed by atoms with Crippen molar-refractivity contribution in [2.45, 2.75) is 12.5 Å². The van der Waals surface area contributed by atoms with Gasteiger partial charge in [0.1, 0.15) is 12.1 Å². The van der Waals surface area contributed by atoms with Crippen LogP contribution in [0.2, 0.25) is 0 Å². The van der Waals surface area contributed by atoms with Crippen LogP contribution in [0.4, 0.5) is 5.69 Å². The van der Waals surface area contributed by atoms with Crippen molar-refractivity contribution >= 4 is 38.9 Å². The molecule has 4 nitrogen and oxygen atoms in total. The fourth-order valence-corrected chi connectivity index (χ4v) is 2.97. The molecule has 3 N–H and O–H groups in total. The first-order valence-electron chi connectivity index (χ1n) is 5.88. The van der Waals surface area contributed by atoms with Gasteiger partial charge in [-0.25, -0.2) is 0 Å². The number of amides is 1. The Morgan fingerprint density at radius 2 is 2.30 bits per heavy atom. The van der Waals surface area contributed by atoms with Crippen LogP contribution in [0.5, 0.6) is 0 Å². The van der Waals surface area contributed by atoms with Gasteiger partial charge in [-0.05, 0) is 45.6 Å². The van der Waals surface area contributed by atoms with Gasteiger partial charge in [0.05, 0.1) is 5.56 Å². The second kappa shape index (κ2) is 6.55. The van der Waals surface area contributed by atoms with Crippen molar-refractivity contribution in [1.29, 1.82) is 5.26 Å². The maximum Gasteiger partial charge on any atom is 0.240 e. The van der Waals surface area contributed by atoms with Gasteiger partial charge in [-0.15, -0.1) is 11.3 Å². The van der Waals surface area contributed by atoms with Crippen LogP contribution in [0.3, 0.4) is 0 Å². The molecule has 0 bridgehead atoms. The van der Waals surface area contributed by atoms with Crippen LogP contribution in [0.15, 0.2) is 40.2 Å². The van der Waals surface area contributed by atoms with Crippen molar-refractivity contribution in [3.8, 4) is 6.07 Å². The number of carbonyl (C=O) groups is 1. The summed E-state index contributed by atoms with van der Waals surface area (Å²) in [6, 6.07) is 10.7. The van der Waals surface area contributed by atoms with Gasteiger partial charge >= 0.3 is 0 Å². The average molecular weight is 350 g/mol. The Balaban J connectivity index is 2.14. The third kappa shape index (κ3) is 3.59. The van der Waals surface area contributed by atoms with Gasteiger partial charge < -0.3 is 11.1 Å². The van der Waals surface area contributed by atoms with Gasteiger partial charge in [0, 0.05) is 21.5 Å². The molecular weight excluding hydrogens is 338 g/mol. The molecule has 1 aromatic heterocycles. The molecule has 0 aliphatic rings. The first-order valence-corrected chi connectivity index (χ1v) is 7.55. The smallest absolute Gasteiger partial charge is 0.240 e. The Bertz CT molecular complexity index is 649. The number of hydrogen-bond acceptors (Lipinski definition) is 4. The van der Waals surface area contributed by atoms with Gasteiger partial charge in [0.25, 0.3) is 0 Å². The summed E-state index contributed by atoms with van der Waals surface area (Å²) >= 11 is 4.91. The lowest BCUT2D eigenvalue weighted by molar-refractivity contribution is -0.118. The molecule has 0 aliphatic heterocycles. The Labute approximate surface area is 129 Å². The fourth-order valence-electron chi connectivity index (χ4n) is 1.75. The number of halogens is 1. The van der Waals surface area contributed by atoms with E-state index in [1.165, 1.54) is 0 Å². The largest absolute Gasteiger partial charge is 0.373 e. The number of rotatable bonds is 5. The van der Waals surface area contributed by atoms with E-state index < -0.39 is 11.9 Å². The lowest BCUT2D eigenvalue weighted by atomic mass is 10.1. The Morgan fingerprint density at radius 1 is 1.50 bits per heavy atom. The summed E-state index contributed by atoms with van der Waals surface area (Å²) in [6.07, 6.45) is 0.546. The highest BCUT2D eigenvalue weighted by atomic mass is 79.9. The molecule has 0 saturated heterocycles. The van der Waals surface area contributed by atoms with Crippen LogP contribution in [0, 0.1) is 11.3 Å². The van der Waals surface area contributed by atoms with E-state index in [2.05, 4.69) is 27.3 Å². The van der Waals surface area contributed by atoms with E-state index in [1.807, 2.05) is 17.5 Å². The summed E-state index contributed by atoms with van der Waals surface area (Å²) in [6.45, 7) is 0. The van der Waals surface area contributed by atoms with E-state index in [-0.39, 0.29) is 0 Å². The molecule has 0 aliphatic carbocycles. The molecule has 0 unspecified atom stereocenters. The zero-order valence-corrected chi connectivity index (χ0v) is 12.9. The van der Waals surface area contributed by atoms with Gasteiger partial charge in [-0.3, -0.25) is 4.79 Å². The van der Waals surface area contributed by atoms with Crippen molar-refractivity contribution in [3.05, 3.63) is 50.6 Å². The molecular formula is C14H12BrN3OS. The maximum atomic E-state index is 11.5. The zero-order valence-electron chi connectivity index (χ0n) is 10.5. The van der Waals surface area contributed by atoms with Crippen LogP contribution in [0.1, 0.15) is 10.4 Å². The standard InChI is InChI=1S/C14H12BrN3OS/c15-12-6-10(4-3-9(12)8-16)18-13(14(17)19)7-11-2-1-5-20-11/h1-6,13,18H,7H2,(H2,17,19)/t13-/m1/s1. The minimum Gasteiger partial charge on any atom is -0.373 e. The molecule has 6 heteroatoms. The quantitative estimate of drug-likeness (QED) is 0.870. The van der Waals surface area contributed by atoms with E-state index in [0.29, 0.717) is 16.5 Å². The molecule has 0 saturated carbocycles. The number of carbonyl (C=O) groups excluding carboxylic acids is 1. The second-order valence-electron chi connectivity index (χ2n) is 4.19. The zero-order chi connectivity index (χ0) is 14.5. The van der Waals surface area contributed by atoms with E-state index >= 15 is 0 Å². The highest BCUT2D eigenvalue weighted by molar-refractivity contribution is 9.10. The predicted molar refractivity (Wildman–Crippen MR) is 83.5 cm³/mol. The summed E-state index contributed by atoms with van der Waals surface area (Å²) in [7, 11) is 0. The van der Waals surface area contributed by atoms with Crippen LogP contribution in [-0.2, 0) is 11.2 Å². The first-order chi connectivity index (χ1) is 9.60. The Hall–Kier alpha value is -1.84. The van der Waals surface area contributed by atoms with Crippen molar-refractivity contribution in [1.82, 2.24) is 0 Å². The predicted octanol–water partition coefficient (Wildman–Crippen LogP) is 2.89. The van der Waals surface area contributed by atoms with E-state index in [4.69, 9.17) is 11.0 Å². The van der Waals surface area contributed by atoms with Gasteiger partial charge in [-0.2, -0.15) is 5.26 Å². The third-order valence-electron chi connectivity index (χ3n) is 2.76. The van der Waals surface area contributed by atoms with E-state index in [9.17, 15) is 4.79 Å². The Morgan fingerprint density at radius 3 is 2.85 bits per heavy atom. The molecule has 102 valence electrons. The molecule has 0 fully saturated rings. The van der Waals surface area contributed by atoms with Gasteiger partial charge in [0.2, 0.25) is 5.91 Å². The van der Waals surface area contributed by atoms with Crippen molar-refractivity contribution in [2.75, 3.05) is 5.32 Å². The summed E-state index contributed by atoms with van der Waals surface area (Å²) in [5.41, 5.74) is 6.73. The average Bonchev–Trinajstić information content (AvgIpc) is 2.91. The number of nitriles is 1. The highest BCUT2D eigenvalue weighted by Gasteiger charge is 2.16. The topological polar surface area (TPSA) is 78.9 Å². The number of thiophene rings is 1. The summed E-state index contributed by atoms with van der Waals surface area (Å²) in [5.74, 6) is -0.404. The Kier molecular flexibility index (Phi) is 4.77. The van der Waals surface area contributed by atoms with E-state index in [1.54, 1.807) is 29.5 Å². The molecule has 1 atom stereocenters. The molecule has 0 spiro atoms. The number of anilines is 1. The van der Waals surface area contributed by atoms with Crippen molar-refractivity contribution < 1.29 is 4.79 Å². The van der Waals surface area contributed by atoms with E-state index in [0.717, 1.165) is 10.6 Å². The number of nitrogens with two attached hydrogens (primary N) is 1. The number of nitrogens with one attached hydrogen (secondary N) is 1. The van der Waals surface area contributed by atoms with Crippen LogP contribution in [0.25, 0.3) is 0 Å². The number of benzene rings is 1. The number of nitrogens with zero attached hydrogens (tertiary/aromatic N) is 1. The number of hydrogen-bond donors (Lipinski definition) is 2. The minimum absolute atomic E-state index is 0.404. The molecule has 1 aromatic carbocycles. The van der Waals surface area contributed by atoms with Crippen molar-refractivity contribution in [3.63, 3.8) is 0 Å². The normalized spacial score (nSPS) is 11.6. The van der Waals surface area contributed by atoms with Crippen molar-refractivity contribution in [2.24, 2.45) is 5.73 Å². The minimum atomic E-state index is -0.478. The molecule has 2 rings (SSSR count). The molecule has 0 radical (unpaired) electrons. The second-order valence-corrected chi connectivity index (χ2v) is 6.08. The highest BCUT2D eigenvalue weighted by Crippen LogP contribution is 2.22. The third-order valence-corrected chi connectivity index (χ3v) is 4.31. The lowest BCUT2D eigenvalue weighted by Crippen LogP contribution is -2.37. The monoisotopic (exact) mass is 349 g/mol. The van der Waals surface area contributed by atoms with Gasteiger partial charge in [-0.1, -0.05) is 6.07 Å². The summed E-state index contributed by atoms with van der Waals surface area (Å²) < 4.78 is 0.685. The first kappa shape index (κ1) is 14.6. The summed E-state index contributed by atoms with van der Waals surface area (Å²) in [5, 5.41) is 13.9. The van der Waals surface area contributed by atoms with Gasteiger partial charge in [0.15, 0.2) is 0 Å². The van der Waals surface area contributed by atoms with Crippen LogP contribution < -0.4 is 11.1 Å². The number of primary amides is 1. The van der Waals surface area contributed by atoms with Crippen LogP contribution >= 0.6 is 27.3 Å². The summed E-state index contributed by atoms with van der Waals surface area (Å²) in [4.78, 5) is 12.6.